The lowest BCUT2D eigenvalue weighted by Gasteiger charge is -2.07. The molecular formula is C14H8F4N2S. The van der Waals surface area contributed by atoms with Crippen LogP contribution in [0.2, 0.25) is 0 Å². The van der Waals surface area contributed by atoms with Crippen molar-refractivity contribution in [2.45, 2.75) is 17.0 Å². The minimum absolute atomic E-state index is 0.0616. The van der Waals surface area contributed by atoms with Crippen LogP contribution in [0.1, 0.15) is 16.7 Å². The van der Waals surface area contributed by atoms with Crippen LogP contribution in [-0.4, -0.2) is 4.98 Å². The van der Waals surface area contributed by atoms with Crippen LogP contribution in [-0.2, 0) is 11.9 Å². The first-order valence-electron chi connectivity index (χ1n) is 5.75. The zero-order chi connectivity index (χ0) is 15.5. The third kappa shape index (κ3) is 3.73. The number of hydrogen-bond donors (Lipinski definition) is 0. The zero-order valence-corrected chi connectivity index (χ0v) is 11.3. The van der Waals surface area contributed by atoms with Gasteiger partial charge in [0, 0.05) is 11.9 Å². The lowest BCUT2D eigenvalue weighted by molar-refractivity contribution is -0.137. The van der Waals surface area contributed by atoms with Gasteiger partial charge in [0.15, 0.2) is 0 Å². The minimum Gasteiger partial charge on any atom is -0.249 e. The molecule has 1 heterocycles. The summed E-state index contributed by atoms with van der Waals surface area (Å²) in [5.41, 5.74) is -0.585. The summed E-state index contributed by atoms with van der Waals surface area (Å²) < 4.78 is 50.9. The van der Waals surface area contributed by atoms with Crippen molar-refractivity contribution >= 4 is 11.8 Å². The van der Waals surface area contributed by atoms with Crippen molar-refractivity contribution in [3.8, 4) is 6.07 Å². The van der Waals surface area contributed by atoms with Gasteiger partial charge in [0.2, 0.25) is 0 Å². The normalized spacial score (nSPS) is 11.2. The van der Waals surface area contributed by atoms with Gasteiger partial charge in [0.1, 0.15) is 11.9 Å². The van der Waals surface area contributed by atoms with Crippen molar-refractivity contribution in [1.29, 1.82) is 5.26 Å². The summed E-state index contributed by atoms with van der Waals surface area (Å²) in [5, 5.41) is 9.07. The SMILES string of the molecule is N#Cc1cccc(CSc2ccc(C(F)(F)F)cn2)c1F. The Labute approximate surface area is 122 Å². The van der Waals surface area contributed by atoms with Gasteiger partial charge in [-0.2, -0.15) is 18.4 Å². The van der Waals surface area contributed by atoms with Gasteiger partial charge in [-0.1, -0.05) is 12.1 Å². The van der Waals surface area contributed by atoms with Gasteiger partial charge in [0.05, 0.1) is 16.2 Å². The number of rotatable bonds is 3. The van der Waals surface area contributed by atoms with E-state index in [0.717, 1.165) is 24.0 Å². The summed E-state index contributed by atoms with van der Waals surface area (Å²) in [6.07, 6.45) is -3.69. The number of halogens is 4. The molecule has 7 heteroatoms. The van der Waals surface area contributed by atoms with Crippen LogP contribution in [0.3, 0.4) is 0 Å². The molecule has 0 unspecified atom stereocenters. The standard InChI is InChI=1S/C14H8F4N2S/c15-13-9(6-19)2-1-3-10(13)8-21-12-5-4-11(7-20-12)14(16,17)18/h1-5,7H,8H2. The van der Waals surface area contributed by atoms with Crippen LogP contribution < -0.4 is 0 Å². The highest BCUT2D eigenvalue weighted by molar-refractivity contribution is 7.98. The third-order valence-corrected chi connectivity index (χ3v) is 3.63. The van der Waals surface area contributed by atoms with Crippen molar-refractivity contribution in [2.24, 2.45) is 0 Å². The summed E-state index contributed by atoms with van der Waals surface area (Å²) in [6, 6.07) is 8.33. The van der Waals surface area contributed by atoms with Gasteiger partial charge in [-0.25, -0.2) is 9.37 Å². The van der Waals surface area contributed by atoms with Gasteiger partial charge in [-0.05, 0) is 23.8 Å². The molecule has 1 aromatic heterocycles. The molecule has 1 aromatic carbocycles. The molecule has 2 aromatic rings. The van der Waals surface area contributed by atoms with E-state index in [9.17, 15) is 17.6 Å². The zero-order valence-electron chi connectivity index (χ0n) is 10.5. The van der Waals surface area contributed by atoms with E-state index in [1.54, 1.807) is 12.1 Å². The van der Waals surface area contributed by atoms with Gasteiger partial charge in [-0.15, -0.1) is 11.8 Å². The summed E-state index contributed by atoms with van der Waals surface area (Å²) in [4.78, 5) is 3.69. The molecule has 0 saturated heterocycles. The van der Waals surface area contributed by atoms with E-state index in [0.29, 0.717) is 10.6 Å². The van der Waals surface area contributed by atoms with Crippen LogP contribution in [0, 0.1) is 17.1 Å². The number of benzene rings is 1. The van der Waals surface area contributed by atoms with Crippen LogP contribution in [0.25, 0.3) is 0 Å². The molecule has 0 aliphatic carbocycles. The van der Waals surface area contributed by atoms with E-state index in [1.165, 1.54) is 18.2 Å². The second-order valence-electron chi connectivity index (χ2n) is 4.06. The maximum atomic E-state index is 13.8. The van der Waals surface area contributed by atoms with Gasteiger partial charge in [0.25, 0.3) is 0 Å². The smallest absolute Gasteiger partial charge is 0.249 e. The lowest BCUT2D eigenvalue weighted by atomic mass is 10.1. The number of thioether (sulfide) groups is 1. The molecule has 21 heavy (non-hydrogen) atoms. The van der Waals surface area contributed by atoms with Crippen molar-refractivity contribution in [3.63, 3.8) is 0 Å². The maximum absolute atomic E-state index is 13.8. The monoisotopic (exact) mass is 312 g/mol. The molecule has 0 saturated carbocycles. The molecule has 0 aliphatic heterocycles. The average Bonchev–Trinajstić information content (AvgIpc) is 2.46. The van der Waals surface area contributed by atoms with Crippen molar-refractivity contribution in [3.05, 3.63) is 59.0 Å². The largest absolute Gasteiger partial charge is 0.417 e. The Morgan fingerprint density at radius 2 is 1.95 bits per heavy atom. The quantitative estimate of drug-likeness (QED) is 0.622. The predicted octanol–water partition coefficient (Wildman–Crippen LogP) is 4.40. The topological polar surface area (TPSA) is 36.7 Å². The van der Waals surface area contributed by atoms with E-state index >= 15 is 0 Å². The summed E-state index contributed by atoms with van der Waals surface area (Å²) in [5.74, 6) is -0.431. The predicted molar refractivity (Wildman–Crippen MR) is 69.9 cm³/mol. The number of alkyl halides is 3. The number of hydrogen-bond acceptors (Lipinski definition) is 3. The maximum Gasteiger partial charge on any atom is 0.417 e. The molecule has 2 rings (SSSR count). The second-order valence-corrected chi connectivity index (χ2v) is 5.06. The number of nitrogens with zero attached hydrogens (tertiary/aromatic N) is 2. The summed E-state index contributed by atoms with van der Waals surface area (Å²) in [6.45, 7) is 0. The van der Waals surface area contributed by atoms with E-state index in [1.807, 2.05) is 0 Å². The Kier molecular flexibility index (Phi) is 4.48. The summed E-state index contributed by atoms with van der Waals surface area (Å²) >= 11 is 1.10. The van der Waals surface area contributed by atoms with Crippen LogP contribution in [0.5, 0.6) is 0 Å². The summed E-state index contributed by atoms with van der Waals surface area (Å²) in [7, 11) is 0. The molecule has 2 nitrogen and oxygen atoms in total. The van der Waals surface area contributed by atoms with Gasteiger partial charge < -0.3 is 0 Å². The Morgan fingerprint density at radius 1 is 1.19 bits per heavy atom. The van der Waals surface area contributed by atoms with Crippen molar-refractivity contribution in [2.75, 3.05) is 0 Å². The molecule has 0 atom stereocenters. The molecule has 0 fully saturated rings. The highest BCUT2D eigenvalue weighted by atomic mass is 32.2. The molecule has 0 aliphatic rings. The van der Waals surface area contributed by atoms with Gasteiger partial charge >= 0.3 is 6.18 Å². The average molecular weight is 312 g/mol. The van der Waals surface area contributed by atoms with Crippen LogP contribution in [0.15, 0.2) is 41.6 Å². The first-order valence-corrected chi connectivity index (χ1v) is 6.74. The Hall–Kier alpha value is -2.07. The van der Waals surface area contributed by atoms with Crippen molar-refractivity contribution < 1.29 is 17.6 Å². The second kappa shape index (κ2) is 6.14. The first kappa shape index (κ1) is 15.3. The number of aromatic nitrogens is 1. The van der Waals surface area contributed by atoms with Crippen molar-refractivity contribution in [1.82, 2.24) is 4.98 Å². The Morgan fingerprint density at radius 3 is 2.52 bits per heavy atom. The fourth-order valence-corrected chi connectivity index (χ4v) is 2.38. The highest BCUT2D eigenvalue weighted by Crippen LogP contribution is 2.30. The fraction of sp³-hybridized carbons (Fsp3) is 0.143. The minimum atomic E-state index is -4.43. The van der Waals surface area contributed by atoms with E-state index in [2.05, 4.69) is 4.98 Å². The van der Waals surface area contributed by atoms with Crippen LogP contribution in [0.4, 0.5) is 17.6 Å². The number of pyridine rings is 1. The first-order chi connectivity index (χ1) is 9.91. The molecule has 108 valence electrons. The Bertz CT molecular complexity index is 675. The van der Waals surface area contributed by atoms with Crippen LogP contribution >= 0.6 is 11.8 Å². The van der Waals surface area contributed by atoms with E-state index in [4.69, 9.17) is 5.26 Å². The third-order valence-electron chi connectivity index (χ3n) is 2.64. The molecule has 0 N–H and O–H groups in total. The number of nitriles is 1. The lowest BCUT2D eigenvalue weighted by Crippen LogP contribution is -2.05. The van der Waals surface area contributed by atoms with Gasteiger partial charge in [-0.3, -0.25) is 0 Å². The molecule has 0 spiro atoms. The fourth-order valence-electron chi connectivity index (χ4n) is 1.56. The van der Waals surface area contributed by atoms with E-state index in [-0.39, 0.29) is 11.3 Å². The molecular weight excluding hydrogens is 304 g/mol. The Balaban J connectivity index is 2.09. The molecule has 0 amide bonds. The highest BCUT2D eigenvalue weighted by Gasteiger charge is 2.30. The van der Waals surface area contributed by atoms with E-state index < -0.39 is 17.6 Å². The molecule has 0 radical (unpaired) electrons. The molecule has 0 bridgehead atoms.